The van der Waals surface area contributed by atoms with Crippen LogP contribution in [-0.2, 0) is 10.0 Å². The molecule has 0 unspecified atom stereocenters. The van der Waals surface area contributed by atoms with Crippen LogP contribution in [0, 0.1) is 19.7 Å². The molecule has 31 heavy (non-hydrogen) atoms. The maximum Gasteiger partial charge on any atom is 0.442 e. The fraction of sp³-hybridized carbons (Fsp3) is 0.316. The number of benzene rings is 1. The lowest BCUT2D eigenvalue weighted by Gasteiger charge is -2.24. The van der Waals surface area contributed by atoms with E-state index >= 15 is 0 Å². The van der Waals surface area contributed by atoms with Crippen LogP contribution in [0.25, 0.3) is 5.69 Å². The molecule has 0 saturated heterocycles. The van der Waals surface area contributed by atoms with Crippen molar-refractivity contribution >= 4 is 27.4 Å². The second-order valence-electron chi connectivity index (χ2n) is 7.07. The molecule has 9 nitrogen and oxygen atoms in total. The zero-order valence-corrected chi connectivity index (χ0v) is 18.6. The Hall–Kier alpha value is -2.76. The van der Waals surface area contributed by atoms with Gasteiger partial charge in [-0.15, -0.1) is 16.7 Å². The highest BCUT2D eigenvalue weighted by Crippen LogP contribution is 2.25. The molecule has 0 radical (unpaired) electrons. The third-order valence-corrected chi connectivity index (χ3v) is 6.07. The molecule has 1 aromatic carbocycles. The quantitative estimate of drug-likeness (QED) is 0.416. The van der Waals surface area contributed by atoms with E-state index in [1.165, 1.54) is 29.3 Å². The van der Waals surface area contributed by atoms with E-state index in [0.717, 1.165) is 10.2 Å². The highest BCUT2D eigenvalue weighted by molar-refractivity contribution is 7.89. The molecule has 0 aliphatic heterocycles. The van der Waals surface area contributed by atoms with Crippen LogP contribution >= 0.6 is 11.6 Å². The van der Waals surface area contributed by atoms with Gasteiger partial charge < -0.3 is 9.32 Å². The summed E-state index contributed by atoms with van der Waals surface area (Å²) < 4.78 is 44.3. The van der Waals surface area contributed by atoms with Crippen LogP contribution in [0.2, 0.25) is 0 Å². The largest absolute Gasteiger partial charge is 0.442 e. The van der Waals surface area contributed by atoms with Crippen molar-refractivity contribution in [2.45, 2.75) is 31.6 Å². The van der Waals surface area contributed by atoms with Crippen molar-refractivity contribution in [3.8, 4) is 5.69 Å². The van der Waals surface area contributed by atoms with Gasteiger partial charge in [-0.2, -0.15) is 4.68 Å². The van der Waals surface area contributed by atoms with Crippen molar-refractivity contribution in [2.24, 2.45) is 5.14 Å². The molecular formula is C19H21ClFN5O4S. The lowest BCUT2D eigenvalue weighted by atomic mass is 10.1. The summed E-state index contributed by atoms with van der Waals surface area (Å²) in [7, 11) is -4.04. The number of primary sulfonamides is 1. The van der Waals surface area contributed by atoms with Gasteiger partial charge >= 0.3 is 5.76 Å². The Labute approximate surface area is 183 Å². The summed E-state index contributed by atoms with van der Waals surface area (Å²) in [4.78, 5) is 17.7. The molecule has 1 atom stereocenters. The molecule has 0 amide bonds. The van der Waals surface area contributed by atoms with Gasteiger partial charge in [0.15, 0.2) is 0 Å². The topological polar surface area (TPSA) is 124 Å². The predicted octanol–water partition coefficient (Wildman–Crippen LogP) is 2.43. The Morgan fingerprint density at radius 1 is 1.32 bits per heavy atom. The smallest absolute Gasteiger partial charge is 0.392 e. The molecule has 0 aliphatic carbocycles. The number of nitrogens with zero attached hydrogens (tertiary/aromatic N) is 4. The summed E-state index contributed by atoms with van der Waals surface area (Å²) in [6.45, 7) is 5.29. The maximum absolute atomic E-state index is 14.4. The van der Waals surface area contributed by atoms with E-state index in [1.807, 2.05) is 0 Å². The second-order valence-corrected chi connectivity index (χ2v) is 8.84. The van der Waals surface area contributed by atoms with Crippen molar-refractivity contribution in [3.63, 3.8) is 0 Å². The number of rotatable bonds is 7. The van der Waals surface area contributed by atoms with Crippen LogP contribution in [0.3, 0.4) is 0 Å². The average molecular weight is 470 g/mol. The fourth-order valence-corrected chi connectivity index (χ4v) is 4.02. The van der Waals surface area contributed by atoms with E-state index in [2.05, 4.69) is 10.1 Å². The number of anilines is 1. The van der Waals surface area contributed by atoms with Crippen molar-refractivity contribution in [1.82, 2.24) is 14.8 Å². The third kappa shape index (κ3) is 4.63. The second kappa shape index (κ2) is 8.77. The van der Waals surface area contributed by atoms with Crippen molar-refractivity contribution in [1.29, 1.82) is 0 Å². The number of nitrogens with two attached hydrogens (primary N) is 1. The first-order valence-corrected chi connectivity index (χ1v) is 11.3. The van der Waals surface area contributed by atoms with Gasteiger partial charge in [0.2, 0.25) is 15.9 Å². The minimum atomic E-state index is -4.04. The highest BCUT2D eigenvalue weighted by Gasteiger charge is 2.25. The van der Waals surface area contributed by atoms with Gasteiger partial charge in [0.05, 0.1) is 11.9 Å². The van der Waals surface area contributed by atoms with Gasteiger partial charge in [0.1, 0.15) is 22.2 Å². The van der Waals surface area contributed by atoms with Gasteiger partial charge in [0, 0.05) is 12.7 Å². The van der Waals surface area contributed by atoms with Crippen LogP contribution in [0.5, 0.6) is 0 Å². The standard InChI is InChI=1S/C19H21ClFN5O4S/c1-11-6-7-14(21)16(13(11)3)26-19(27)30-18(24-26)12(2)9-25(10-20)17-15(31(22,28)29)5-4-8-23-17/h4-8,12H,9-10H2,1-3H3,(H2,22,28,29)/t12-/m0/s1. The van der Waals surface area contributed by atoms with Gasteiger partial charge in [-0.1, -0.05) is 13.0 Å². The minimum Gasteiger partial charge on any atom is -0.392 e. The van der Waals surface area contributed by atoms with Gasteiger partial charge in [0.25, 0.3) is 0 Å². The molecule has 0 bridgehead atoms. The summed E-state index contributed by atoms with van der Waals surface area (Å²) in [5.41, 5.74) is 1.37. The lowest BCUT2D eigenvalue weighted by Crippen LogP contribution is -2.30. The molecule has 0 saturated carbocycles. The number of sulfonamides is 1. The summed E-state index contributed by atoms with van der Waals surface area (Å²) in [6, 6.07) is 5.52. The summed E-state index contributed by atoms with van der Waals surface area (Å²) in [5.74, 6) is -1.86. The number of hydrogen-bond donors (Lipinski definition) is 1. The zero-order chi connectivity index (χ0) is 22.9. The Morgan fingerprint density at radius 3 is 2.68 bits per heavy atom. The predicted molar refractivity (Wildman–Crippen MR) is 114 cm³/mol. The number of alkyl halides is 1. The number of halogens is 2. The monoisotopic (exact) mass is 469 g/mol. The Kier molecular flexibility index (Phi) is 6.48. The molecule has 2 N–H and O–H groups in total. The van der Waals surface area contributed by atoms with Crippen LogP contribution in [-0.4, -0.2) is 35.7 Å². The molecule has 0 fully saturated rings. The maximum atomic E-state index is 14.4. The Balaban J connectivity index is 1.96. The molecule has 166 valence electrons. The molecule has 3 rings (SSSR count). The SMILES string of the molecule is Cc1ccc(F)c(-n2nc([C@@H](C)CN(CCl)c3ncccc3S(N)(=O)=O)oc2=O)c1C. The van der Waals surface area contributed by atoms with Crippen LogP contribution < -0.4 is 15.8 Å². The third-order valence-electron chi connectivity index (χ3n) is 4.84. The summed E-state index contributed by atoms with van der Waals surface area (Å²) in [6.07, 6.45) is 1.41. The molecule has 2 aromatic heterocycles. The number of pyridine rings is 1. The summed E-state index contributed by atoms with van der Waals surface area (Å²) >= 11 is 6.03. The van der Waals surface area contributed by atoms with Crippen LogP contribution in [0.15, 0.2) is 44.6 Å². The molecular weight excluding hydrogens is 449 g/mol. The normalized spacial score (nSPS) is 12.7. The van der Waals surface area contributed by atoms with Gasteiger partial charge in [-0.25, -0.2) is 27.7 Å². The van der Waals surface area contributed by atoms with E-state index in [0.29, 0.717) is 5.56 Å². The first kappa shape index (κ1) is 22.9. The molecule has 0 spiro atoms. The van der Waals surface area contributed by atoms with Gasteiger partial charge in [-0.3, -0.25) is 0 Å². The van der Waals surface area contributed by atoms with E-state index in [1.54, 1.807) is 26.8 Å². The highest BCUT2D eigenvalue weighted by atomic mass is 35.5. The van der Waals surface area contributed by atoms with Crippen LogP contribution in [0.4, 0.5) is 10.2 Å². The average Bonchev–Trinajstić information content (AvgIpc) is 3.10. The van der Waals surface area contributed by atoms with E-state index in [9.17, 15) is 17.6 Å². The van der Waals surface area contributed by atoms with E-state index < -0.39 is 27.5 Å². The first-order valence-electron chi connectivity index (χ1n) is 9.19. The van der Waals surface area contributed by atoms with Crippen LogP contribution in [0.1, 0.15) is 29.9 Å². The van der Waals surface area contributed by atoms with E-state index in [-0.39, 0.29) is 34.8 Å². The molecule has 0 aliphatic rings. The van der Waals surface area contributed by atoms with Gasteiger partial charge in [-0.05, 0) is 43.2 Å². The van der Waals surface area contributed by atoms with Crippen molar-refractivity contribution < 1.29 is 17.2 Å². The molecule has 2 heterocycles. The molecule has 3 aromatic rings. The number of aromatic nitrogens is 3. The minimum absolute atomic E-state index is 0.0163. The van der Waals surface area contributed by atoms with Crippen molar-refractivity contribution in [3.05, 3.63) is 63.8 Å². The fourth-order valence-electron chi connectivity index (χ4n) is 3.10. The number of hydrogen-bond acceptors (Lipinski definition) is 7. The Bertz CT molecular complexity index is 1270. The first-order chi connectivity index (χ1) is 14.5. The van der Waals surface area contributed by atoms with Crippen molar-refractivity contribution in [2.75, 3.05) is 17.4 Å². The Morgan fingerprint density at radius 2 is 2.03 bits per heavy atom. The van der Waals surface area contributed by atoms with E-state index in [4.69, 9.17) is 21.2 Å². The lowest BCUT2D eigenvalue weighted by molar-refractivity contribution is 0.429. The molecule has 12 heteroatoms. The summed E-state index contributed by atoms with van der Waals surface area (Å²) in [5, 5.41) is 9.43. The zero-order valence-electron chi connectivity index (χ0n) is 17.0. The number of aryl methyl sites for hydroxylation is 1.